The van der Waals surface area contributed by atoms with E-state index in [0.717, 1.165) is 10.0 Å². The average Bonchev–Trinajstić information content (AvgIpc) is 2.39. The molecule has 1 aromatic heterocycles. The first-order valence-corrected chi connectivity index (χ1v) is 6.23. The summed E-state index contributed by atoms with van der Waals surface area (Å²) < 4.78 is 1.01. The van der Waals surface area contributed by atoms with Crippen LogP contribution in [0.15, 0.2) is 47.2 Å². The number of carbonyl (C=O) groups excluding carboxylic acids is 1. The Kier molecular flexibility index (Phi) is 4.04. The minimum Gasteiger partial charge on any atom is -0.337 e. The van der Waals surface area contributed by atoms with Crippen molar-refractivity contribution in [2.24, 2.45) is 0 Å². The zero-order valence-corrected chi connectivity index (χ0v) is 11.5. The lowest BCUT2D eigenvalue weighted by Crippen LogP contribution is -2.26. The topological polar surface area (TPSA) is 46.1 Å². The zero-order chi connectivity index (χ0) is 13.0. The molecule has 2 rings (SSSR count). The number of nitrogens with zero attached hydrogens (tertiary/aromatic N) is 3. The van der Waals surface area contributed by atoms with E-state index in [1.54, 1.807) is 18.0 Å². The SMILES string of the molecule is CN(Cc1cccc(Br)c1)C(=O)c1ccnnc1. The Balaban J connectivity index is 2.09. The van der Waals surface area contributed by atoms with E-state index < -0.39 is 0 Å². The fraction of sp³-hybridized carbons (Fsp3) is 0.154. The maximum atomic E-state index is 12.1. The molecular formula is C13H12BrN3O. The molecule has 1 amide bonds. The Morgan fingerprint density at radius 2 is 2.17 bits per heavy atom. The molecule has 5 heteroatoms. The minimum atomic E-state index is -0.0649. The van der Waals surface area contributed by atoms with Gasteiger partial charge in [-0.1, -0.05) is 28.1 Å². The molecule has 18 heavy (non-hydrogen) atoms. The molecule has 0 aliphatic heterocycles. The van der Waals surface area contributed by atoms with E-state index >= 15 is 0 Å². The highest BCUT2D eigenvalue weighted by Crippen LogP contribution is 2.13. The quantitative estimate of drug-likeness (QED) is 0.875. The van der Waals surface area contributed by atoms with E-state index in [-0.39, 0.29) is 5.91 Å². The van der Waals surface area contributed by atoms with Gasteiger partial charge >= 0.3 is 0 Å². The predicted molar refractivity (Wildman–Crippen MR) is 72.0 cm³/mol. The lowest BCUT2D eigenvalue weighted by molar-refractivity contribution is 0.0784. The fourth-order valence-corrected chi connectivity index (χ4v) is 2.07. The third-order valence-corrected chi connectivity index (χ3v) is 2.98. The van der Waals surface area contributed by atoms with Crippen molar-refractivity contribution in [3.8, 4) is 0 Å². The molecule has 0 fully saturated rings. The van der Waals surface area contributed by atoms with Crippen LogP contribution in [0.25, 0.3) is 0 Å². The van der Waals surface area contributed by atoms with Crippen molar-refractivity contribution in [1.82, 2.24) is 15.1 Å². The number of hydrogen-bond donors (Lipinski definition) is 0. The van der Waals surface area contributed by atoms with Gasteiger partial charge in [0.25, 0.3) is 5.91 Å². The Labute approximate surface area is 114 Å². The summed E-state index contributed by atoms with van der Waals surface area (Å²) in [5.41, 5.74) is 1.62. The van der Waals surface area contributed by atoms with Crippen LogP contribution < -0.4 is 0 Å². The maximum Gasteiger partial charge on any atom is 0.255 e. The molecule has 4 nitrogen and oxygen atoms in total. The molecule has 0 aliphatic carbocycles. The van der Waals surface area contributed by atoms with Crippen LogP contribution in [0.1, 0.15) is 15.9 Å². The monoisotopic (exact) mass is 305 g/mol. The molecule has 0 unspecified atom stereocenters. The molecule has 0 radical (unpaired) electrons. The standard InChI is InChI=1S/C13H12BrN3O/c1-17(9-10-3-2-4-12(14)7-10)13(18)11-5-6-15-16-8-11/h2-8H,9H2,1H3. The van der Waals surface area contributed by atoms with Crippen LogP contribution in [0.4, 0.5) is 0 Å². The van der Waals surface area contributed by atoms with Gasteiger partial charge in [-0.15, -0.1) is 0 Å². The van der Waals surface area contributed by atoms with E-state index in [4.69, 9.17) is 0 Å². The third-order valence-electron chi connectivity index (χ3n) is 2.49. The highest BCUT2D eigenvalue weighted by Gasteiger charge is 2.12. The molecule has 0 N–H and O–H groups in total. The zero-order valence-electron chi connectivity index (χ0n) is 9.88. The number of aromatic nitrogens is 2. The van der Waals surface area contributed by atoms with Gasteiger partial charge < -0.3 is 4.90 Å². The van der Waals surface area contributed by atoms with Crippen LogP contribution in [0.2, 0.25) is 0 Å². The predicted octanol–water partition coefficient (Wildman–Crippen LogP) is 2.51. The Bertz CT molecular complexity index is 545. The van der Waals surface area contributed by atoms with Gasteiger partial charge in [0.2, 0.25) is 0 Å². The van der Waals surface area contributed by atoms with Gasteiger partial charge in [-0.25, -0.2) is 0 Å². The van der Waals surface area contributed by atoms with Crippen LogP contribution in [0.3, 0.4) is 0 Å². The number of benzene rings is 1. The molecule has 2 aromatic rings. The molecule has 0 saturated heterocycles. The molecular weight excluding hydrogens is 294 g/mol. The molecule has 1 heterocycles. The number of amides is 1. The van der Waals surface area contributed by atoms with Crippen LogP contribution >= 0.6 is 15.9 Å². The van der Waals surface area contributed by atoms with Crippen LogP contribution in [0.5, 0.6) is 0 Å². The van der Waals surface area contributed by atoms with Crippen molar-refractivity contribution in [1.29, 1.82) is 0 Å². The van der Waals surface area contributed by atoms with Crippen molar-refractivity contribution >= 4 is 21.8 Å². The highest BCUT2D eigenvalue weighted by atomic mass is 79.9. The lowest BCUT2D eigenvalue weighted by Gasteiger charge is -2.17. The summed E-state index contributed by atoms with van der Waals surface area (Å²) in [5, 5.41) is 7.36. The number of rotatable bonds is 3. The summed E-state index contributed by atoms with van der Waals surface area (Å²) in [7, 11) is 1.77. The number of hydrogen-bond acceptors (Lipinski definition) is 3. The Morgan fingerprint density at radius 3 is 2.83 bits per heavy atom. The van der Waals surface area contributed by atoms with E-state index in [0.29, 0.717) is 12.1 Å². The van der Waals surface area contributed by atoms with E-state index in [1.807, 2.05) is 24.3 Å². The molecule has 0 saturated carbocycles. The average molecular weight is 306 g/mol. The third kappa shape index (κ3) is 3.13. The van der Waals surface area contributed by atoms with Gasteiger partial charge in [0.05, 0.1) is 18.0 Å². The number of carbonyl (C=O) groups is 1. The van der Waals surface area contributed by atoms with Gasteiger partial charge in [0, 0.05) is 18.1 Å². The molecule has 0 bridgehead atoms. The van der Waals surface area contributed by atoms with E-state index in [1.165, 1.54) is 12.4 Å². The first-order chi connectivity index (χ1) is 8.66. The second kappa shape index (κ2) is 5.73. The maximum absolute atomic E-state index is 12.1. The summed E-state index contributed by atoms with van der Waals surface area (Å²) >= 11 is 3.41. The van der Waals surface area contributed by atoms with E-state index in [2.05, 4.69) is 26.1 Å². The van der Waals surface area contributed by atoms with Gasteiger partial charge in [0.15, 0.2) is 0 Å². The van der Waals surface area contributed by atoms with Crippen LogP contribution in [0, 0.1) is 0 Å². The molecule has 92 valence electrons. The molecule has 0 spiro atoms. The van der Waals surface area contributed by atoms with Gasteiger partial charge in [-0.2, -0.15) is 10.2 Å². The van der Waals surface area contributed by atoms with Gasteiger partial charge in [-0.05, 0) is 23.8 Å². The van der Waals surface area contributed by atoms with E-state index in [9.17, 15) is 4.79 Å². The van der Waals surface area contributed by atoms with Crippen LogP contribution in [-0.2, 0) is 6.54 Å². The van der Waals surface area contributed by atoms with Crippen molar-refractivity contribution in [3.05, 3.63) is 58.3 Å². The summed E-state index contributed by atoms with van der Waals surface area (Å²) in [6, 6.07) is 9.55. The largest absolute Gasteiger partial charge is 0.337 e. The van der Waals surface area contributed by atoms with Crippen molar-refractivity contribution in [3.63, 3.8) is 0 Å². The Hall–Kier alpha value is -1.75. The number of halogens is 1. The summed E-state index contributed by atoms with van der Waals surface area (Å²) in [6.07, 6.45) is 2.99. The van der Waals surface area contributed by atoms with Crippen molar-refractivity contribution in [2.45, 2.75) is 6.54 Å². The molecule has 1 aromatic carbocycles. The Morgan fingerprint density at radius 1 is 1.33 bits per heavy atom. The smallest absolute Gasteiger partial charge is 0.255 e. The van der Waals surface area contributed by atoms with Gasteiger partial charge in [0.1, 0.15) is 0 Å². The van der Waals surface area contributed by atoms with Gasteiger partial charge in [-0.3, -0.25) is 4.79 Å². The minimum absolute atomic E-state index is 0.0649. The summed E-state index contributed by atoms with van der Waals surface area (Å²) in [5.74, 6) is -0.0649. The summed E-state index contributed by atoms with van der Waals surface area (Å²) in [4.78, 5) is 13.7. The summed E-state index contributed by atoms with van der Waals surface area (Å²) in [6.45, 7) is 0.556. The van der Waals surface area contributed by atoms with Crippen LogP contribution in [-0.4, -0.2) is 28.1 Å². The van der Waals surface area contributed by atoms with Crippen molar-refractivity contribution in [2.75, 3.05) is 7.05 Å². The molecule has 0 aliphatic rings. The van der Waals surface area contributed by atoms with Crippen molar-refractivity contribution < 1.29 is 4.79 Å². The normalized spacial score (nSPS) is 10.1. The fourth-order valence-electron chi connectivity index (χ4n) is 1.62. The lowest BCUT2D eigenvalue weighted by atomic mass is 10.2. The molecule has 0 atom stereocenters. The highest BCUT2D eigenvalue weighted by molar-refractivity contribution is 9.10. The first kappa shape index (κ1) is 12.7. The second-order valence-corrected chi connectivity index (χ2v) is 4.84. The first-order valence-electron chi connectivity index (χ1n) is 5.43. The second-order valence-electron chi connectivity index (χ2n) is 3.92.